The lowest BCUT2D eigenvalue weighted by Crippen LogP contribution is -2.24. The SMILES string of the molecule is O=C(O)c1ccc(CN(Cc2cccs2)C2CC2)c(Cl)c1. The van der Waals surface area contributed by atoms with Gasteiger partial charge in [-0.05, 0) is 42.0 Å². The van der Waals surface area contributed by atoms with E-state index in [1.807, 2.05) is 6.07 Å². The summed E-state index contributed by atoms with van der Waals surface area (Å²) in [5.41, 5.74) is 1.23. The molecule has 5 heteroatoms. The molecule has 1 aliphatic carbocycles. The first-order valence-electron chi connectivity index (χ1n) is 6.91. The number of carboxylic acids is 1. The van der Waals surface area contributed by atoms with Gasteiger partial charge in [0.1, 0.15) is 0 Å². The molecule has 3 rings (SSSR count). The molecule has 1 aliphatic rings. The Balaban J connectivity index is 1.75. The first kappa shape index (κ1) is 14.6. The van der Waals surface area contributed by atoms with Gasteiger partial charge in [0.15, 0.2) is 0 Å². The number of carbonyl (C=O) groups is 1. The lowest BCUT2D eigenvalue weighted by atomic mass is 10.1. The van der Waals surface area contributed by atoms with Crippen LogP contribution in [-0.2, 0) is 13.1 Å². The van der Waals surface area contributed by atoms with Crippen molar-refractivity contribution >= 4 is 28.9 Å². The van der Waals surface area contributed by atoms with E-state index in [0.29, 0.717) is 11.1 Å². The molecule has 1 aromatic heterocycles. The molecule has 0 saturated heterocycles. The normalized spacial score (nSPS) is 14.6. The van der Waals surface area contributed by atoms with Crippen LogP contribution in [0.5, 0.6) is 0 Å². The third-order valence-electron chi connectivity index (χ3n) is 3.68. The van der Waals surface area contributed by atoms with Gasteiger partial charge >= 0.3 is 5.97 Å². The Labute approximate surface area is 132 Å². The summed E-state index contributed by atoms with van der Waals surface area (Å²) in [7, 11) is 0. The summed E-state index contributed by atoms with van der Waals surface area (Å²) in [6, 6.07) is 9.84. The Bertz CT molecular complexity index is 638. The summed E-state index contributed by atoms with van der Waals surface area (Å²) < 4.78 is 0. The summed E-state index contributed by atoms with van der Waals surface area (Å²) in [4.78, 5) is 14.7. The average Bonchev–Trinajstić information content (AvgIpc) is 3.18. The van der Waals surface area contributed by atoms with Crippen molar-refractivity contribution < 1.29 is 9.90 Å². The molecule has 110 valence electrons. The maximum Gasteiger partial charge on any atom is 0.335 e. The van der Waals surface area contributed by atoms with Crippen molar-refractivity contribution in [3.8, 4) is 0 Å². The second kappa shape index (κ2) is 6.18. The van der Waals surface area contributed by atoms with Crippen molar-refractivity contribution in [2.45, 2.75) is 32.0 Å². The van der Waals surface area contributed by atoms with Crippen LogP contribution in [0.15, 0.2) is 35.7 Å². The molecular formula is C16H16ClNO2S. The number of benzene rings is 1. The fourth-order valence-electron chi connectivity index (χ4n) is 2.38. The van der Waals surface area contributed by atoms with Gasteiger partial charge in [0.05, 0.1) is 5.56 Å². The van der Waals surface area contributed by atoms with Crippen molar-refractivity contribution in [1.29, 1.82) is 0 Å². The number of hydrogen-bond acceptors (Lipinski definition) is 3. The zero-order chi connectivity index (χ0) is 14.8. The highest BCUT2D eigenvalue weighted by molar-refractivity contribution is 7.09. The Morgan fingerprint density at radius 2 is 2.14 bits per heavy atom. The number of nitrogens with zero attached hydrogens (tertiary/aromatic N) is 1. The topological polar surface area (TPSA) is 40.5 Å². The summed E-state index contributed by atoms with van der Waals surface area (Å²) in [6.45, 7) is 1.70. The predicted octanol–water partition coefficient (Wildman–Crippen LogP) is 4.26. The van der Waals surface area contributed by atoms with Crippen LogP contribution >= 0.6 is 22.9 Å². The van der Waals surface area contributed by atoms with Gasteiger partial charge < -0.3 is 5.11 Å². The van der Waals surface area contributed by atoms with Crippen molar-refractivity contribution in [3.05, 3.63) is 56.7 Å². The Kier molecular flexibility index (Phi) is 4.29. The molecule has 1 heterocycles. The van der Waals surface area contributed by atoms with Gasteiger partial charge in [0.25, 0.3) is 0 Å². The minimum atomic E-state index is -0.943. The molecule has 1 saturated carbocycles. The van der Waals surface area contributed by atoms with Crippen LogP contribution in [0.4, 0.5) is 0 Å². The Hall–Kier alpha value is -1.36. The fraction of sp³-hybridized carbons (Fsp3) is 0.312. The Morgan fingerprint density at radius 3 is 2.71 bits per heavy atom. The molecule has 1 fully saturated rings. The van der Waals surface area contributed by atoms with Crippen LogP contribution in [-0.4, -0.2) is 22.0 Å². The molecule has 21 heavy (non-hydrogen) atoms. The van der Waals surface area contributed by atoms with Gasteiger partial charge in [-0.1, -0.05) is 23.7 Å². The summed E-state index contributed by atoms with van der Waals surface area (Å²) in [5, 5.41) is 11.6. The largest absolute Gasteiger partial charge is 0.478 e. The monoisotopic (exact) mass is 321 g/mol. The highest BCUT2D eigenvalue weighted by Gasteiger charge is 2.29. The van der Waals surface area contributed by atoms with E-state index in [1.165, 1.54) is 23.8 Å². The third kappa shape index (κ3) is 3.64. The van der Waals surface area contributed by atoms with Gasteiger partial charge in [0.2, 0.25) is 0 Å². The highest BCUT2D eigenvalue weighted by Crippen LogP contribution is 2.32. The molecule has 1 N–H and O–H groups in total. The van der Waals surface area contributed by atoms with E-state index in [1.54, 1.807) is 17.4 Å². The molecule has 0 spiro atoms. The molecule has 0 unspecified atom stereocenters. The zero-order valence-electron chi connectivity index (χ0n) is 11.5. The van der Waals surface area contributed by atoms with Crippen LogP contribution < -0.4 is 0 Å². The minimum absolute atomic E-state index is 0.236. The molecule has 0 aliphatic heterocycles. The first-order chi connectivity index (χ1) is 10.1. The predicted molar refractivity (Wildman–Crippen MR) is 85.0 cm³/mol. The average molecular weight is 322 g/mol. The molecule has 2 aromatic rings. The number of hydrogen-bond donors (Lipinski definition) is 1. The van der Waals surface area contributed by atoms with E-state index in [9.17, 15) is 4.79 Å². The summed E-state index contributed by atoms with van der Waals surface area (Å²) in [5.74, 6) is -0.943. The van der Waals surface area contributed by atoms with Gasteiger partial charge in [-0.25, -0.2) is 4.79 Å². The molecule has 0 atom stereocenters. The molecule has 3 nitrogen and oxygen atoms in total. The number of halogens is 1. The highest BCUT2D eigenvalue weighted by atomic mass is 35.5. The minimum Gasteiger partial charge on any atom is -0.478 e. The van der Waals surface area contributed by atoms with E-state index < -0.39 is 5.97 Å². The van der Waals surface area contributed by atoms with Crippen LogP contribution in [0.1, 0.15) is 33.6 Å². The molecular weight excluding hydrogens is 306 g/mol. The van der Waals surface area contributed by atoms with Gasteiger partial charge in [-0.2, -0.15) is 0 Å². The summed E-state index contributed by atoms with van der Waals surface area (Å²) in [6.07, 6.45) is 2.46. The van der Waals surface area contributed by atoms with Crippen molar-refractivity contribution in [2.24, 2.45) is 0 Å². The van der Waals surface area contributed by atoms with Gasteiger partial charge in [0, 0.05) is 29.0 Å². The lowest BCUT2D eigenvalue weighted by Gasteiger charge is -2.22. The zero-order valence-corrected chi connectivity index (χ0v) is 13.0. The lowest BCUT2D eigenvalue weighted by molar-refractivity contribution is 0.0697. The number of carboxylic acid groups (broad SMARTS) is 1. The molecule has 1 aromatic carbocycles. The number of aromatic carboxylic acids is 1. The van der Waals surface area contributed by atoms with Crippen molar-refractivity contribution in [2.75, 3.05) is 0 Å². The first-order valence-corrected chi connectivity index (χ1v) is 8.17. The van der Waals surface area contributed by atoms with Crippen molar-refractivity contribution in [1.82, 2.24) is 4.90 Å². The molecule has 0 bridgehead atoms. The van der Waals surface area contributed by atoms with Crippen molar-refractivity contribution in [3.63, 3.8) is 0 Å². The van der Waals surface area contributed by atoms with Gasteiger partial charge in [-0.3, -0.25) is 4.90 Å². The fourth-order valence-corrected chi connectivity index (χ4v) is 3.35. The van der Waals surface area contributed by atoms with Crippen LogP contribution in [0.2, 0.25) is 5.02 Å². The third-order valence-corrected chi connectivity index (χ3v) is 4.89. The Morgan fingerprint density at radius 1 is 1.33 bits per heavy atom. The molecule has 0 amide bonds. The summed E-state index contributed by atoms with van der Waals surface area (Å²) >= 11 is 8.00. The quantitative estimate of drug-likeness (QED) is 0.864. The van der Waals surface area contributed by atoms with E-state index in [2.05, 4.69) is 22.4 Å². The van der Waals surface area contributed by atoms with Crippen LogP contribution in [0.25, 0.3) is 0 Å². The standard InChI is InChI=1S/C16H16ClNO2S/c17-15-8-11(16(19)20)3-4-12(15)9-18(13-5-6-13)10-14-2-1-7-21-14/h1-4,7-8,13H,5-6,9-10H2,(H,19,20). The van der Waals surface area contributed by atoms with Crippen LogP contribution in [0, 0.1) is 0 Å². The van der Waals surface area contributed by atoms with Gasteiger partial charge in [-0.15, -0.1) is 11.3 Å². The van der Waals surface area contributed by atoms with Crippen LogP contribution in [0.3, 0.4) is 0 Å². The second-order valence-electron chi connectivity index (χ2n) is 5.33. The van der Waals surface area contributed by atoms with E-state index in [4.69, 9.17) is 16.7 Å². The number of rotatable bonds is 6. The van der Waals surface area contributed by atoms with E-state index in [-0.39, 0.29) is 5.56 Å². The maximum atomic E-state index is 10.9. The molecule has 0 radical (unpaired) electrons. The maximum absolute atomic E-state index is 10.9. The van der Waals surface area contributed by atoms with E-state index >= 15 is 0 Å². The smallest absolute Gasteiger partial charge is 0.335 e. The second-order valence-corrected chi connectivity index (χ2v) is 6.77. The van der Waals surface area contributed by atoms with E-state index in [0.717, 1.165) is 18.7 Å². The number of thiophene rings is 1.